The molecule has 12 heavy (non-hydrogen) atoms. The number of carbonyl (C=O) groups is 2. The molecule has 1 unspecified atom stereocenters. The molecule has 1 rings (SSSR count). The van der Waals surface area contributed by atoms with Gasteiger partial charge in [0.1, 0.15) is 5.78 Å². The predicted molar refractivity (Wildman–Crippen MR) is 42.9 cm³/mol. The maximum absolute atomic E-state index is 11.2. The topological polar surface area (TPSA) is 57.6 Å². The molecule has 0 aliphatic heterocycles. The first-order chi connectivity index (χ1) is 5.61. The van der Waals surface area contributed by atoms with Crippen LogP contribution in [0.1, 0.15) is 19.3 Å². The fourth-order valence-electron chi connectivity index (χ4n) is 1.59. The average molecular weight is 171 g/mol. The van der Waals surface area contributed by atoms with E-state index < -0.39 is 5.97 Å². The second-order valence-electron chi connectivity index (χ2n) is 3.18. The van der Waals surface area contributed by atoms with E-state index in [9.17, 15) is 9.59 Å². The number of carboxylic acid groups (broad SMARTS) is 1. The van der Waals surface area contributed by atoms with Gasteiger partial charge >= 0.3 is 5.97 Å². The van der Waals surface area contributed by atoms with Gasteiger partial charge < -0.3 is 5.11 Å². The number of nitrogens with zero attached hydrogens (tertiary/aromatic N) is 1. The van der Waals surface area contributed by atoms with Gasteiger partial charge in [-0.2, -0.15) is 0 Å². The summed E-state index contributed by atoms with van der Waals surface area (Å²) in [7, 11) is 1.68. The smallest absolute Gasteiger partial charge is 0.317 e. The van der Waals surface area contributed by atoms with E-state index in [1.165, 1.54) is 0 Å². The lowest BCUT2D eigenvalue weighted by atomic mass is 10.2. The van der Waals surface area contributed by atoms with Gasteiger partial charge in [-0.3, -0.25) is 14.5 Å². The Hall–Kier alpha value is -0.900. The Kier molecular flexibility index (Phi) is 2.81. The molecule has 4 heteroatoms. The van der Waals surface area contributed by atoms with E-state index in [0.29, 0.717) is 6.42 Å². The Morgan fingerprint density at radius 2 is 2.42 bits per heavy atom. The van der Waals surface area contributed by atoms with Crippen LogP contribution in [0.4, 0.5) is 0 Å². The van der Waals surface area contributed by atoms with Crippen LogP contribution in [-0.2, 0) is 9.59 Å². The monoisotopic (exact) mass is 171 g/mol. The normalized spacial score (nSPS) is 23.5. The van der Waals surface area contributed by atoms with Gasteiger partial charge in [-0.05, 0) is 19.9 Å². The number of Topliss-reactive ketones (excluding diaryl/α,β-unsaturated/α-hetero) is 1. The Labute approximate surface area is 71.2 Å². The molecule has 0 amide bonds. The summed E-state index contributed by atoms with van der Waals surface area (Å²) in [5, 5.41) is 8.48. The number of likely N-dealkylation sites (N-methyl/N-ethyl adjacent to an activating group) is 1. The molecule has 0 radical (unpaired) electrons. The predicted octanol–water partition coefficient (Wildman–Crippen LogP) is 0.124. The molecule has 68 valence electrons. The summed E-state index contributed by atoms with van der Waals surface area (Å²) in [5.41, 5.74) is 0. The first-order valence-electron chi connectivity index (χ1n) is 4.06. The van der Waals surface area contributed by atoms with Crippen LogP contribution in [-0.4, -0.2) is 41.4 Å². The van der Waals surface area contributed by atoms with Crippen LogP contribution < -0.4 is 0 Å². The fourth-order valence-corrected chi connectivity index (χ4v) is 1.59. The number of hydrogen-bond donors (Lipinski definition) is 1. The zero-order chi connectivity index (χ0) is 9.14. The van der Waals surface area contributed by atoms with Gasteiger partial charge in [0.2, 0.25) is 0 Å². The zero-order valence-electron chi connectivity index (χ0n) is 7.12. The molecule has 0 aromatic heterocycles. The third-order valence-electron chi connectivity index (χ3n) is 2.19. The van der Waals surface area contributed by atoms with Gasteiger partial charge in [-0.15, -0.1) is 0 Å². The Morgan fingerprint density at radius 3 is 2.83 bits per heavy atom. The molecule has 1 aliphatic rings. The second kappa shape index (κ2) is 3.67. The van der Waals surface area contributed by atoms with Crippen molar-refractivity contribution < 1.29 is 14.7 Å². The van der Waals surface area contributed by atoms with Crippen LogP contribution in [0, 0.1) is 0 Å². The number of rotatable bonds is 3. The van der Waals surface area contributed by atoms with Crippen molar-refractivity contribution in [2.24, 2.45) is 0 Å². The molecule has 0 aromatic carbocycles. The van der Waals surface area contributed by atoms with Crippen LogP contribution in [0.5, 0.6) is 0 Å². The highest BCUT2D eigenvalue weighted by atomic mass is 16.4. The third kappa shape index (κ3) is 2.04. The van der Waals surface area contributed by atoms with E-state index in [4.69, 9.17) is 5.11 Å². The molecule has 1 saturated carbocycles. The van der Waals surface area contributed by atoms with E-state index in [2.05, 4.69) is 0 Å². The van der Waals surface area contributed by atoms with Gasteiger partial charge in [0.05, 0.1) is 12.6 Å². The molecule has 0 aromatic rings. The van der Waals surface area contributed by atoms with Crippen molar-refractivity contribution in [3.63, 3.8) is 0 Å². The quantitative estimate of drug-likeness (QED) is 0.655. The Morgan fingerprint density at radius 1 is 1.75 bits per heavy atom. The zero-order valence-corrected chi connectivity index (χ0v) is 7.12. The highest BCUT2D eigenvalue weighted by Gasteiger charge is 2.28. The SMILES string of the molecule is CN(CC(=O)O)C1CCCC1=O. The van der Waals surface area contributed by atoms with E-state index in [1.807, 2.05) is 0 Å². The summed E-state index contributed by atoms with van der Waals surface area (Å²) in [5.74, 6) is -0.698. The fraction of sp³-hybridized carbons (Fsp3) is 0.750. The van der Waals surface area contributed by atoms with E-state index >= 15 is 0 Å². The minimum Gasteiger partial charge on any atom is -0.480 e. The summed E-state index contributed by atoms with van der Waals surface area (Å²) in [6.45, 7) is -0.0452. The lowest BCUT2D eigenvalue weighted by Crippen LogP contribution is -2.38. The molecular weight excluding hydrogens is 158 g/mol. The minimum atomic E-state index is -0.878. The molecule has 1 fully saturated rings. The highest BCUT2D eigenvalue weighted by Crippen LogP contribution is 2.18. The minimum absolute atomic E-state index is 0.0452. The first-order valence-corrected chi connectivity index (χ1v) is 4.06. The van der Waals surface area contributed by atoms with Crippen LogP contribution >= 0.6 is 0 Å². The number of carboxylic acids is 1. The highest BCUT2D eigenvalue weighted by molar-refractivity contribution is 5.86. The molecule has 4 nitrogen and oxygen atoms in total. The van der Waals surface area contributed by atoms with Crippen LogP contribution in [0.25, 0.3) is 0 Å². The van der Waals surface area contributed by atoms with Crippen LogP contribution in [0.2, 0.25) is 0 Å². The van der Waals surface area contributed by atoms with Gasteiger partial charge in [-0.1, -0.05) is 0 Å². The van der Waals surface area contributed by atoms with E-state index in [1.54, 1.807) is 11.9 Å². The molecule has 1 aliphatic carbocycles. The molecule has 0 spiro atoms. The second-order valence-corrected chi connectivity index (χ2v) is 3.18. The summed E-state index contributed by atoms with van der Waals surface area (Å²) >= 11 is 0. The standard InChI is InChI=1S/C8H13NO3/c1-9(5-8(11)12)6-3-2-4-7(6)10/h6H,2-5H2,1H3,(H,11,12). The average Bonchev–Trinajstić information content (AvgIpc) is 2.33. The van der Waals surface area contributed by atoms with Crippen molar-refractivity contribution in [3.05, 3.63) is 0 Å². The number of carbonyl (C=O) groups excluding carboxylic acids is 1. The number of ketones is 1. The molecule has 0 bridgehead atoms. The van der Waals surface area contributed by atoms with E-state index in [-0.39, 0.29) is 18.4 Å². The summed E-state index contributed by atoms with van der Waals surface area (Å²) < 4.78 is 0. The van der Waals surface area contributed by atoms with Crippen molar-refractivity contribution in [2.45, 2.75) is 25.3 Å². The van der Waals surface area contributed by atoms with Crippen molar-refractivity contribution in [3.8, 4) is 0 Å². The van der Waals surface area contributed by atoms with Crippen molar-refractivity contribution >= 4 is 11.8 Å². The van der Waals surface area contributed by atoms with Crippen LogP contribution in [0.3, 0.4) is 0 Å². The molecule has 0 heterocycles. The van der Waals surface area contributed by atoms with Crippen molar-refractivity contribution in [1.29, 1.82) is 0 Å². The summed E-state index contributed by atoms with van der Waals surface area (Å²) in [6.07, 6.45) is 2.31. The number of hydrogen-bond acceptors (Lipinski definition) is 3. The van der Waals surface area contributed by atoms with Gasteiger partial charge in [0.15, 0.2) is 0 Å². The molecule has 1 atom stereocenters. The largest absolute Gasteiger partial charge is 0.480 e. The Bertz CT molecular complexity index is 202. The van der Waals surface area contributed by atoms with Crippen molar-refractivity contribution in [1.82, 2.24) is 4.90 Å². The lowest BCUT2D eigenvalue weighted by molar-refractivity contribution is -0.138. The van der Waals surface area contributed by atoms with Gasteiger partial charge in [0, 0.05) is 6.42 Å². The summed E-state index contributed by atoms with van der Waals surface area (Å²) in [4.78, 5) is 23.1. The summed E-state index contributed by atoms with van der Waals surface area (Å²) in [6, 6.07) is -0.152. The molecular formula is C8H13NO3. The molecule has 0 saturated heterocycles. The maximum Gasteiger partial charge on any atom is 0.317 e. The lowest BCUT2D eigenvalue weighted by Gasteiger charge is -2.20. The van der Waals surface area contributed by atoms with Gasteiger partial charge in [0.25, 0.3) is 0 Å². The maximum atomic E-state index is 11.2. The van der Waals surface area contributed by atoms with Gasteiger partial charge in [-0.25, -0.2) is 0 Å². The molecule has 1 N–H and O–H groups in total. The third-order valence-corrected chi connectivity index (χ3v) is 2.19. The first kappa shape index (κ1) is 9.19. The number of aliphatic carboxylic acids is 1. The van der Waals surface area contributed by atoms with Crippen molar-refractivity contribution in [2.75, 3.05) is 13.6 Å². The van der Waals surface area contributed by atoms with Crippen LogP contribution in [0.15, 0.2) is 0 Å². The Balaban J connectivity index is 2.45. The van der Waals surface area contributed by atoms with E-state index in [0.717, 1.165) is 12.8 Å².